The Kier molecular flexibility index (Phi) is 6.79. The minimum absolute atomic E-state index is 0.138. The van der Waals surface area contributed by atoms with Crippen molar-refractivity contribution >= 4 is 21.6 Å². The maximum atomic E-state index is 12.9. The lowest BCUT2D eigenvalue weighted by Crippen LogP contribution is -2.28. The van der Waals surface area contributed by atoms with E-state index in [1.165, 1.54) is 26.3 Å². The maximum Gasteiger partial charge on any atom is 0.264 e. The van der Waals surface area contributed by atoms with Crippen LogP contribution in [-0.4, -0.2) is 35.0 Å². The number of sulfonamides is 1. The molecule has 0 aliphatic heterocycles. The van der Waals surface area contributed by atoms with E-state index >= 15 is 0 Å². The van der Waals surface area contributed by atoms with E-state index in [2.05, 4.69) is 5.32 Å². The predicted octanol–water partition coefficient (Wildman–Crippen LogP) is 3.48. The zero-order valence-electron chi connectivity index (χ0n) is 16.9. The summed E-state index contributed by atoms with van der Waals surface area (Å²) in [6, 6.07) is 16.4. The summed E-state index contributed by atoms with van der Waals surface area (Å²) < 4.78 is 37.3. The molecule has 158 valence electrons. The van der Waals surface area contributed by atoms with Crippen LogP contribution in [-0.2, 0) is 16.4 Å². The number of nitrogens with one attached hydrogen (secondary N) is 1. The van der Waals surface area contributed by atoms with E-state index in [4.69, 9.17) is 9.15 Å². The van der Waals surface area contributed by atoms with Crippen molar-refractivity contribution in [2.24, 2.45) is 0 Å². The normalized spacial score (nSPS) is 11.1. The van der Waals surface area contributed by atoms with Crippen LogP contribution in [0.25, 0.3) is 0 Å². The van der Waals surface area contributed by atoms with E-state index in [1.54, 1.807) is 42.7 Å². The summed E-state index contributed by atoms with van der Waals surface area (Å²) in [5.41, 5.74) is 0.788. The molecular formula is C22H24N2O5S. The van der Waals surface area contributed by atoms with E-state index in [0.29, 0.717) is 23.5 Å². The highest BCUT2D eigenvalue weighted by atomic mass is 32.2. The summed E-state index contributed by atoms with van der Waals surface area (Å²) in [6.07, 6.45) is 3.09. The van der Waals surface area contributed by atoms with E-state index in [1.807, 2.05) is 12.1 Å². The highest BCUT2D eigenvalue weighted by Gasteiger charge is 2.22. The van der Waals surface area contributed by atoms with Crippen LogP contribution in [0.1, 0.15) is 22.5 Å². The molecule has 0 aliphatic carbocycles. The largest absolute Gasteiger partial charge is 0.497 e. The lowest BCUT2D eigenvalue weighted by atomic mass is 10.2. The van der Waals surface area contributed by atoms with Gasteiger partial charge in [0.15, 0.2) is 0 Å². The standard InChI is InChI=1S/C22H24N2O5S/c1-24(30(26,27)21-12-10-19(28-2)11-13-21)18-7-3-6-17(16-18)22(25)23-14-4-8-20-9-5-15-29-20/h3,5-7,9-13,15-16H,4,8,14H2,1-2H3,(H,23,25). The minimum Gasteiger partial charge on any atom is -0.497 e. The average molecular weight is 429 g/mol. The van der Waals surface area contributed by atoms with Crippen molar-refractivity contribution in [2.75, 3.05) is 25.0 Å². The molecule has 7 nitrogen and oxygen atoms in total. The summed E-state index contributed by atoms with van der Waals surface area (Å²) in [7, 11) is -0.795. The molecule has 0 spiro atoms. The van der Waals surface area contributed by atoms with E-state index in [-0.39, 0.29) is 10.8 Å². The second kappa shape index (κ2) is 9.49. The van der Waals surface area contributed by atoms with Gasteiger partial charge in [0.25, 0.3) is 15.9 Å². The molecule has 0 saturated carbocycles. The van der Waals surface area contributed by atoms with Crippen molar-refractivity contribution in [3.63, 3.8) is 0 Å². The van der Waals surface area contributed by atoms with Gasteiger partial charge in [0.05, 0.1) is 24.0 Å². The Morgan fingerprint density at radius 2 is 1.87 bits per heavy atom. The van der Waals surface area contributed by atoms with Crippen LogP contribution in [0.4, 0.5) is 5.69 Å². The molecule has 1 amide bonds. The monoisotopic (exact) mass is 428 g/mol. The fraction of sp³-hybridized carbons (Fsp3) is 0.227. The van der Waals surface area contributed by atoms with Crippen molar-refractivity contribution in [3.8, 4) is 5.75 Å². The molecule has 0 aliphatic rings. The molecular weight excluding hydrogens is 404 g/mol. The molecule has 8 heteroatoms. The van der Waals surface area contributed by atoms with Crippen LogP contribution in [0.3, 0.4) is 0 Å². The Bertz CT molecular complexity index is 1080. The molecule has 0 atom stereocenters. The van der Waals surface area contributed by atoms with Gasteiger partial charge in [0.1, 0.15) is 11.5 Å². The van der Waals surface area contributed by atoms with Gasteiger partial charge in [0.2, 0.25) is 0 Å². The fourth-order valence-electron chi connectivity index (χ4n) is 2.91. The topological polar surface area (TPSA) is 88.9 Å². The molecule has 1 heterocycles. The molecule has 0 saturated heterocycles. The SMILES string of the molecule is COc1ccc(S(=O)(=O)N(C)c2cccc(C(=O)NCCCc3ccco3)c2)cc1. The number of anilines is 1. The van der Waals surface area contributed by atoms with Crippen molar-refractivity contribution in [1.29, 1.82) is 0 Å². The second-order valence-electron chi connectivity index (χ2n) is 6.64. The highest BCUT2D eigenvalue weighted by molar-refractivity contribution is 7.92. The molecule has 0 bridgehead atoms. The molecule has 3 rings (SSSR count). The third kappa shape index (κ3) is 5.01. The Balaban J connectivity index is 1.66. The number of ether oxygens (including phenoxy) is 1. The Labute approximate surface area is 176 Å². The molecule has 0 fully saturated rings. The second-order valence-corrected chi connectivity index (χ2v) is 8.61. The van der Waals surface area contributed by atoms with Gasteiger partial charge in [0, 0.05) is 25.6 Å². The van der Waals surface area contributed by atoms with Crippen LogP contribution in [0.15, 0.2) is 76.2 Å². The van der Waals surface area contributed by atoms with Gasteiger partial charge < -0.3 is 14.5 Å². The lowest BCUT2D eigenvalue weighted by Gasteiger charge is -2.20. The van der Waals surface area contributed by atoms with Gasteiger partial charge >= 0.3 is 0 Å². The van der Waals surface area contributed by atoms with Crippen LogP contribution in [0.2, 0.25) is 0 Å². The zero-order valence-corrected chi connectivity index (χ0v) is 17.7. The first-order valence-electron chi connectivity index (χ1n) is 9.45. The van der Waals surface area contributed by atoms with Crippen molar-refractivity contribution in [2.45, 2.75) is 17.7 Å². The van der Waals surface area contributed by atoms with Crippen LogP contribution in [0.5, 0.6) is 5.75 Å². The number of nitrogens with zero attached hydrogens (tertiary/aromatic N) is 1. The predicted molar refractivity (Wildman–Crippen MR) is 114 cm³/mol. The first-order valence-corrected chi connectivity index (χ1v) is 10.9. The number of rotatable bonds is 9. The van der Waals surface area contributed by atoms with Crippen LogP contribution < -0.4 is 14.4 Å². The number of aryl methyl sites for hydroxylation is 1. The Morgan fingerprint density at radius 3 is 2.53 bits per heavy atom. The quantitative estimate of drug-likeness (QED) is 0.527. The minimum atomic E-state index is -3.77. The zero-order chi connectivity index (χ0) is 21.6. The highest BCUT2D eigenvalue weighted by Crippen LogP contribution is 2.24. The Hall–Kier alpha value is -3.26. The molecule has 3 aromatic rings. The maximum absolute atomic E-state index is 12.9. The van der Waals surface area contributed by atoms with Gasteiger partial charge in [-0.05, 0) is 61.0 Å². The number of carbonyl (C=O) groups excluding carboxylic acids is 1. The molecule has 1 aromatic heterocycles. The van der Waals surface area contributed by atoms with Crippen LogP contribution in [0, 0.1) is 0 Å². The summed E-state index contributed by atoms with van der Waals surface area (Å²) in [4.78, 5) is 12.6. The van der Waals surface area contributed by atoms with Gasteiger partial charge in [-0.3, -0.25) is 9.10 Å². The number of amides is 1. The lowest BCUT2D eigenvalue weighted by molar-refractivity contribution is 0.0953. The Morgan fingerprint density at radius 1 is 1.10 bits per heavy atom. The van der Waals surface area contributed by atoms with E-state index in [9.17, 15) is 13.2 Å². The number of methoxy groups -OCH3 is 1. The average Bonchev–Trinajstić information content (AvgIpc) is 3.29. The molecule has 0 radical (unpaired) electrons. The van der Waals surface area contributed by atoms with Gasteiger partial charge in [-0.15, -0.1) is 0 Å². The third-order valence-electron chi connectivity index (χ3n) is 4.66. The van der Waals surface area contributed by atoms with Gasteiger partial charge in [-0.1, -0.05) is 6.07 Å². The first-order chi connectivity index (χ1) is 14.4. The summed E-state index contributed by atoms with van der Waals surface area (Å²) in [5, 5.41) is 2.85. The van der Waals surface area contributed by atoms with Crippen molar-refractivity contribution < 1.29 is 22.4 Å². The fourth-order valence-corrected chi connectivity index (χ4v) is 4.10. The third-order valence-corrected chi connectivity index (χ3v) is 6.46. The van der Waals surface area contributed by atoms with Gasteiger partial charge in [-0.25, -0.2) is 8.42 Å². The van der Waals surface area contributed by atoms with Gasteiger partial charge in [-0.2, -0.15) is 0 Å². The van der Waals surface area contributed by atoms with Crippen molar-refractivity contribution in [3.05, 3.63) is 78.3 Å². The summed E-state index contributed by atoms with van der Waals surface area (Å²) >= 11 is 0. The van der Waals surface area contributed by atoms with E-state index in [0.717, 1.165) is 22.9 Å². The number of hydrogen-bond acceptors (Lipinski definition) is 5. The number of hydrogen-bond donors (Lipinski definition) is 1. The number of furan rings is 1. The molecule has 0 unspecified atom stereocenters. The first kappa shape index (κ1) is 21.4. The summed E-state index contributed by atoms with van der Waals surface area (Å²) in [6.45, 7) is 0.490. The number of carbonyl (C=O) groups is 1. The number of benzene rings is 2. The smallest absolute Gasteiger partial charge is 0.264 e. The van der Waals surface area contributed by atoms with Crippen molar-refractivity contribution in [1.82, 2.24) is 5.32 Å². The summed E-state index contributed by atoms with van der Waals surface area (Å²) in [5.74, 6) is 1.19. The molecule has 1 N–H and O–H groups in total. The van der Waals surface area contributed by atoms with E-state index < -0.39 is 10.0 Å². The molecule has 30 heavy (non-hydrogen) atoms. The van der Waals surface area contributed by atoms with Crippen LogP contribution >= 0.6 is 0 Å². The molecule has 2 aromatic carbocycles.